The Kier molecular flexibility index (Phi) is 5.02. The predicted molar refractivity (Wildman–Crippen MR) is 114 cm³/mol. The number of nitrogens with one attached hydrogen (secondary N) is 1. The Bertz CT molecular complexity index is 1220. The molecule has 0 aliphatic carbocycles. The number of non-ortho nitro benzene ring substituents is 1. The van der Waals surface area contributed by atoms with E-state index in [1.165, 1.54) is 24.3 Å². The molecule has 0 bridgehead atoms. The summed E-state index contributed by atoms with van der Waals surface area (Å²) in [5, 5.41) is 24.3. The molecule has 0 fully saturated rings. The Balaban J connectivity index is 1.95. The average molecular weight is 401 g/mol. The molecule has 4 rings (SSSR count). The third kappa shape index (κ3) is 3.41. The average Bonchev–Trinajstić information content (AvgIpc) is 3.08. The van der Waals surface area contributed by atoms with Crippen LogP contribution in [0.2, 0.25) is 0 Å². The molecule has 150 valence electrons. The zero-order chi connectivity index (χ0) is 21.3. The van der Waals surface area contributed by atoms with Crippen molar-refractivity contribution in [1.82, 2.24) is 4.98 Å². The van der Waals surface area contributed by atoms with E-state index in [1.54, 1.807) is 0 Å². The van der Waals surface area contributed by atoms with Crippen molar-refractivity contribution in [2.45, 2.75) is 18.9 Å². The summed E-state index contributed by atoms with van der Waals surface area (Å²) in [6, 6.07) is 21.6. The highest BCUT2D eigenvalue weighted by atomic mass is 16.6. The molecule has 7 heteroatoms. The molecule has 0 amide bonds. The Hall–Kier alpha value is -4.00. The summed E-state index contributed by atoms with van der Waals surface area (Å²) in [6.45, 7) is 1.91. The summed E-state index contributed by atoms with van der Waals surface area (Å²) in [5.74, 6) is -0.571. The zero-order valence-corrected chi connectivity index (χ0v) is 16.2. The van der Waals surface area contributed by atoms with Gasteiger partial charge in [-0.3, -0.25) is 20.2 Å². The van der Waals surface area contributed by atoms with Crippen LogP contribution in [0.1, 0.15) is 34.3 Å². The van der Waals surface area contributed by atoms with Gasteiger partial charge in [0.15, 0.2) is 0 Å². The SMILES string of the molecule is Cc1[nH]c2ccccc2c1[C@H](c1ccccc1)C(c1ccc([N+](=O)[O-])cc1)[N+](=O)[O-]. The number of para-hydroxylation sites is 1. The van der Waals surface area contributed by atoms with E-state index in [0.29, 0.717) is 5.56 Å². The lowest BCUT2D eigenvalue weighted by Crippen LogP contribution is -2.21. The van der Waals surface area contributed by atoms with Crippen LogP contribution in [0.4, 0.5) is 5.69 Å². The van der Waals surface area contributed by atoms with Gasteiger partial charge in [0.05, 0.1) is 10.8 Å². The molecule has 0 saturated heterocycles. The van der Waals surface area contributed by atoms with Gasteiger partial charge in [0.2, 0.25) is 6.04 Å². The van der Waals surface area contributed by atoms with Crippen molar-refractivity contribution in [1.29, 1.82) is 0 Å². The summed E-state index contributed by atoms with van der Waals surface area (Å²) in [4.78, 5) is 25.9. The molecule has 0 aliphatic rings. The van der Waals surface area contributed by atoms with E-state index in [2.05, 4.69) is 4.98 Å². The lowest BCUT2D eigenvalue weighted by atomic mass is 9.81. The van der Waals surface area contributed by atoms with Crippen LogP contribution in [0.3, 0.4) is 0 Å². The Labute approximate surface area is 172 Å². The molecule has 1 aromatic heterocycles. The summed E-state index contributed by atoms with van der Waals surface area (Å²) < 4.78 is 0. The van der Waals surface area contributed by atoms with E-state index in [9.17, 15) is 20.2 Å². The molecule has 0 saturated carbocycles. The molecule has 0 aliphatic heterocycles. The van der Waals surface area contributed by atoms with E-state index in [4.69, 9.17) is 0 Å². The molecular weight excluding hydrogens is 382 g/mol. The van der Waals surface area contributed by atoms with E-state index >= 15 is 0 Å². The first-order chi connectivity index (χ1) is 14.5. The van der Waals surface area contributed by atoms with Gasteiger partial charge in [-0.25, -0.2) is 0 Å². The van der Waals surface area contributed by atoms with Gasteiger partial charge in [0, 0.05) is 39.2 Å². The van der Waals surface area contributed by atoms with Crippen molar-refractivity contribution in [3.8, 4) is 0 Å². The van der Waals surface area contributed by atoms with Gasteiger partial charge < -0.3 is 4.98 Å². The maximum atomic E-state index is 12.3. The van der Waals surface area contributed by atoms with E-state index in [1.807, 2.05) is 61.5 Å². The number of aryl methyl sites for hydroxylation is 1. The number of aromatic nitrogens is 1. The van der Waals surface area contributed by atoms with Crippen molar-refractivity contribution in [3.05, 3.63) is 121 Å². The number of H-pyrrole nitrogens is 1. The molecule has 30 heavy (non-hydrogen) atoms. The van der Waals surface area contributed by atoms with Crippen LogP contribution in [-0.2, 0) is 0 Å². The molecule has 1 heterocycles. The van der Waals surface area contributed by atoms with Crippen molar-refractivity contribution in [2.24, 2.45) is 0 Å². The Morgan fingerprint density at radius 1 is 0.800 bits per heavy atom. The zero-order valence-electron chi connectivity index (χ0n) is 16.2. The normalized spacial score (nSPS) is 13.1. The fraction of sp³-hybridized carbons (Fsp3) is 0.130. The van der Waals surface area contributed by atoms with Gasteiger partial charge in [-0.1, -0.05) is 48.5 Å². The van der Waals surface area contributed by atoms with Gasteiger partial charge in [0.1, 0.15) is 0 Å². The van der Waals surface area contributed by atoms with Crippen molar-refractivity contribution in [3.63, 3.8) is 0 Å². The summed E-state index contributed by atoms with van der Waals surface area (Å²) in [5.41, 5.74) is 3.77. The Morgan fingerprint density at radius 2 is 1.43 bits per heavy atom. The molecule has 7 nitrogen and oxygen atoms in total. The number of nitro benzene ring substituents is 1. The van der Waals surface area contributed by atoms with Gasteiger partial charge in [-0.05, 0) is 36.2 Å². The van der Waals surface area contributed by atoms with Crippen LogP contribution in [0.15, 0.2) is 78.9 Å². The maximum absolute atomic E-state index is 12.3. The largest absolute Gasteiger partial charge is 0.358 e. The number of rotatable bonds is 6. The molecule has 0 spiro atoms. The second-order valence-electron chi connectivity index (χ2n) is 7.18. The molecule has 1 N–H and O–H groups in total. The lowest BCUT2D eigenvalue weighted by Gasteiger charge is -2.23. The van der Waals surface area contributed by atoms with Crippen LogP contribution >= 0.6 is 0 Å². The summed E-state index contributed by atoms with van der Waals surface area (Å²) in [7, 11) is 0. The molecule has 0 radical (unpaired) electrons. The lowest BCUT2D eigenvalue weighted by molar-refractivity contribution is -0.531. The highest BCUT2D eigenvalue weighted by Crippen LogP contribution is 2.43. The fourth-order valence-electron chi connectivity index (χ4n) is 4.10. The molecule has 4 aromatic rings. The monoisotopic (exact) mass is 401 g/mol. The van der Waals surface area contributed by atoms with Crippen LogP contribution in [0.25, 0.3) is 10.9 Å². The standard InChI is InChI=1S/C23H19N3O4/c1-15-21(19-9-5-6-10-20(19)24-15)22(16-7-3-2-4-8-16)23(26(29)30)17-11-13-18(14-12-17)25(27)28/h2-14,22-24H,1H3/t22-,23?/m0/s1. The number of hydrogen-bond acceptors (Lipinski definition) is 4. The molecular formula is C23H19N3O4. The van der Waals surface area contributed by atoms with Gasteiger partial charge in [0.25, 0.3) is 5.69 Å². The third-order valence-electron chi connectivity index (χ3n) is 5.40. The highest BCUT2D eigenvalue weighted by Gasteiger charge is 2.38. The van der Waals surface area contributed by atoms with Crippen molar-refractivity contribution >= 4 is 16.6 Å². The second-order valence-corrected chi connectivity index (χ2v) is 7.18. The quantitative estimate of drug-likeness (QED) is 0.339. The number of nitro groups is 2. The predicted octanol–water partition coefficient (Wildman–Crippen LogP) is 5.53. The smallest absolute Gasteiger partial charge is 0.269 e. The first-order valence-electron chi connectivity index (χ1n) is 9.47. The van der Waals surface area contributed by atoms with Crippen LogP contribution in [-0.4, -0.2) is 14.8 Å². The minimum Gasteiger partial charge on any atom is -0.358 e. The number of benzene rings is 3. The highest BCUT2D eigenvalue weighted by molar-refractivity contribution is 5.85. The minimum atomic E-state index is -1.11. The van der Waals surface area contributed by atoms with Gasteiger partial charge >= 0.3 is 0 Å². The number of aromatic amines is 1. The minimum absolute atomic E-state index is 0.0969. The van der Waals surface area contributed by atoms with E-state index in [-0.39, 0.29) is 10.6 Å². The summed E-state index contributed by atoms with van der Waals surface area (Å²) in [6.07, 6.45) is 0. The van der Waals surface area contributed by atoms with Crippen LogP contribution < -0.4 is 0 Å². The molecule has 3 aromatic carbocycles. The number of fused-ring (bicyclic) bond motifs is 1. The van der Waals surface area contributed by atoms with Gasteiger partial charge in [-0.15, -0.1) is 0 Å². The Morgan fingerprint density at radius 3 is 2.07 bits per heavy atom. The van der Waals surface area contributed by atoms with Crippen LogP contribution in [0, 0.1) is 27.2 Å². The maximum Gasteiger partial charge on any atom is 0.269 e. The van der Waals surface area contributed by atoms with Gasteiger partial charge in [-0.2, -0.15) is 0 Å². The molecule has 2 atom stereocenters. The van der Waals surface area contributed by atoms with Crippen molar-refractivity contribution in [2.75, 3.05) is 0 Å². The number of nitrogens with zero attached hydrogens (tertiary/aromatic N) is 2. The summed E-state index contributed by atoms with van der Waals surface area (Å²) >= 11 is 0. The molecule has 1 unspecified atom stereocenters. The fourth-order valence-corrected chi connectivity index (χ4v) is 4.10. The van der Waals surface area contributed by atoms with E-state index < -0.39 is 16.9 Å². The van der Waals surface area contributed by atoms with Crippen molar-refractivity contribution < 1.29 is 9.85 Å². The van der Waals surface area contributed by atoms with E-state index in [0.717, 1.165) is 27.7 Å². The second kappa shape index (κ2) is 7.79. The number of hydrogen-bond donors (Lipinski definition) is 1. The topological polar surface area (TPSA) is 102 Å². The first-order valence-corrected chi connectivity index (χ1v) is 9.47. The third-order valence-corrected chi connectivity index (χ3v) is 5.40. The van der Waals surface area contributed by atoms with Crippen LogP contribution in [0.5, 0.6) is 0 Å². The first kappa shape index (κ1) is 19.3.